The molecular weight excluding hydrogens is 270 g/mol. The lowest BCUT2D eigenvalue weighted by Crippen LogP contribution is -2.40. The second kappa shape index (κ2) is 5.31. The van der Waals surface area contributed by atoms with Crippen molar-refractivity contribution in [1.29, 1.82) is 0 Å². The highest BCUT2D eigenvalue weighted by Crippen LogP contribution is 2.36. The zero-order chi connectivity index (χ0) is 13.4. The molecular formula is C15H19N3OS. The molecule has 3 atom stereocenters. The zero-order valence-electron chi connectivity index (χ0n) is 11.4. The van der Waals surface area contributed by atoms with Crippen molar-refractivity contribution in [3.8, 4) is 0 Å². The van der Waals surface area contributed by atoms with Crippen LogP contribution in [0, 0.1) is 0 Å². The molecule has 2 aromatic heterocycles. The fourth-order valence-electron chi connectivity index (χ4n) is 3.52. The summed E-state index contributed by atoms with van der Waals surface area (Å²) in [6.07, 6.45) is 6.64. The Morgan fingerprint density at radius 2 is 2.35 bits per heavy atom. The van der Waals surface area contributed by atoms with Gasteiger partial charge in [-0.25, -0.2) is 0 Å². The fourth-order valence-corrected chi connectivity index (χ4v) is 4.25. The van der Waals surface area contributed by atoms with Crippen LogP contribution in [0.5, 0.6) is 0 Å². The number of thiophene rings is 1. The van der Waals surface area contributed by atoms with Crippen molar-refractivity contribution in [1.82, 2.24) is 14.7 Å². The SMILES string of the molecule is c1csc(CN2C[C@H](n3cccn3)[C@@H]3OCCC[C@@H]32)c1. The maximum Gasteiger partial charge on any atom is 0.0966 e. The molecule has 4 nitrogen and oxygen atoms in total. The molecule has 0 unspecified atom stereocenters. The lowest BCUT2D eigenvalue weighted by molar-refractivity contribution is -0.0280. The topological polar surface area (TPSA) is 30.3 Å². The van der Waals surface area contributed by atoms with Crippen molar-refractivity contribution in [2.75, 3.05) is 13.2 Å². The third kappa shape index (κ3) is 2.20. The molecule has 2 aliphatic heterocycles. The molecule has 4 heterocycles. The van der Waals surface area contributed by atoms with E-state index in [9.17, 15) is 0 Å². The van der Waals surface area contributed by atoms with Crippen LogP contribution in [0.3, 0.4) is 0 Å². The van der Waals surface area contributed by atoms with Gasteiger partial charge in [-0.3, -0.25) is 9.58 Å². The van der Waals surface area contributed by atoms with Crippen LogP contribution in [-0.4, -0.2) is 40.0 Å². The zero-order valence-corrected chi connectivity index (χ0v) is 12.2. The molecule has 106 valence electrons. The highest BCUT2D eigenvalue weighted by molar-refractivity contribution is 7.09. The first-order valence-corrected chi connectivity index (χ1v) is 8.17. The van der Waals surface area contributed by atoms with E-state index >= 15 is 0 Å². The predicted molar refractivity (Wildman–Crippen MR) is 78.8 cm³/mol. The van der Waals surface area contributed by atoms with Crippen molar-refractivity contribution < 1.29 is 4.74 Å². The standard InChI is InChI=1S/C15H19N3OS/c1-5-13-15(19-8-1)14(18-7-3-6-16-18)11-17(13)10-12-4-2-9-20-12/h2-4,6-7,9,13-15H,1,5,8,10-11H2/t13-,14-,15+/m0/s1. The number of hydrogen-bond donors (Lipinski definition) is 0. The van der Waals surface area contributed by atoms with Crippen LogP contribution >= 0.6 is 11.3 Å². The van der Waals surface area contributed by atoms with Crippen molar-refractivity contribution in [3.05, 3.63) is 40.8 Å². The van der Waals surface area contributed by atoms with E-state index in [2.05, 4.69) is 38.4 Å². The van der Waals surface area contributed by atoms with Crippen LogP contribution in [0.15, 0.2) is 36.0 Å². The molecule has 2 fully saturated rings. The maximum atomic E-state index is 6.09. The summed E-state index contributed by atoms with van der Waals surface area (Å²) in [5.41, 5.74) is 0. The normalized spacial score (nSPS) is 30.5. The van der Waals surface area contributed by atoms with Gasteiger partial charge in [0.1, 0.15) is 0 Å². The van der Waals surface area contributed by atoms with Gasteiger partial charge in [0, 0.05) is 43.0 Å². The molecule has 0 aliphatic carbocycles. The van der Waals surface area contributed by atoms with Crippen LogP contribution in [0.2, 0.25) is 0 Å². The van der Waals surface area contributed by atoms with E-state index in [1.807, 2.05) is 23.6 Å². The van der Waals surface area contributed by atoms with Crippen LogP contribution in [-0.2, 0) is 11.3 Å². The molecule has 0 N–H and O–H groups in total. The maximum absolute atomic E-state index is 6.09. The van der Waals surface area contributed by atoms with E-state index in [0.29, 0.717) is 18.2 Å². The number of aromatic nitrogens is 2. The summed E-state index contributed by atoms with van der Waals surface area (Å²) in [5.74, 6) is 0. The smallest absolute Gasteiger partial charge is 0.0966 e. The van der Waals surface area contributed by atoms with Gasteiger partial charge < -0.3 is 4.74 Å². The predicted octanol–water partition coefficient (Wildman–Crippen LogP) is 2.55. The first-order chi connectivity index (χ1) is 9.92. The molecule has 0 aromatic carbocycles. The van der Waals surface area contributed by atoms with Gasteiger partial charge >= 0.3 is 0 Å². The monoisotopic (exact) mass is 289 g/mol. The average molecular weight is 289 g/mol. The van der Waals surface area contributed by atoms with E-state index in [0.717, 1.165) is 19.7 Å². The summed E-state index contributed by atoms with van der Waals surface area (Å²) >= 11 is 1.84. The molecule has 0 amide bonds. The molecule has 20 heavy (non-hydrogen) atoms. The molecule has 0 bridgehead atoms. The molecule has 4 rings (SSSR count). The van der Waals surface area contributed by atoms with Crippen LogP contribution in [0.4, 0.5) is 0 Å². The van der Waals surface area contributed by atoms with E-state index in [1.54, 1.807) is 0 Å². The second-order valence-corrected chi connectivity index (χ2v) is 6.64. The number of fused-ring (bicyclic) bond motifs is 1. The Kier molecular flexibility index (Phi) is 3.34. The Hall–Kier alpha value is -1.17. The largest absolute Gasteiger partial charge is 0.374 e. The lowest BCUT2D eigenvalue weighted by atomic mass is 10.0. The Balaban J connectivity index is 1.57. The molecule has 0 radical (unpaired) electrons. The van der Waals surface area contributed by atoms with Crippen molar-refractivity contribution in [2.45, 2.75) is 37.6 Å². The van der Waals surface area contributed by atoms with Gasteiger partial charge in [0.05, 0.1) is 12.1 Å². The number of ether oxygens (including phenoxy) is 1. The summed E-state index contributed by atoms with van der Waals surface area (Å²) in [7, 11) is 0. The lowest BCUT2D eigenvalue weighted by Gasteiger charge is -2.32. The van der Waals surface area contributed by atoms with E-state index < -0.39 is 0 Å². The summed E-state index contributed by atoms with van der Waals surface area (Å²) in [6.45, 7) is 2.97. The minimum absolute atomic E-state index is 0.295. The van der Waals surface area contributed by atoms with Gasteiger partial charge in [0.25, 0.3) is 0 Å². The van der Waals surface area contributed by atoms with Gasteiger partial charge in [-0.15, -0.1) is 11.3 Å². The van der Waals surface area contributed by atoms with Gasteiger partial charge in [-0.2, -0.15) is 5.10 Å². The minimum Gasteiger partial charge on any atom is -0.374 e. The molecule has 0 spiro atoms. The Morgan fingerprint density at radius 1 is 1.35 bits per heavy atom. The molecule has 2 aromatic rings. The van der Waals surface area contributed by atoms with E-state index in [1.165, 1.54) is 17.7 Å². The first kappa shape index (κ1) is 12.6. The highest BCUT2D eigenvalue weighted by atomic mass is 32.1. The summed E-state index contributed by atoms with van der Waals surface area (Å²) in [5, 5.41) is 6.59. The van der Waals surface area contributed by atoms with Crippen LogP contribution < -0.4 is 0 Å². The van der Waals surface area contributed by atoms with Crippen molar-refractivity contribution >= 4 is 11.3 Å². The fraction of sp³-hybridized carbons (Fsp3) is 0.533. The minimum atomic E-state index is 0.295. The third-order valence-corrected chi connectivity index (χ3v) is 5.27. The Labute approximate surface area is 123 Å². The van der Waals surface area contributed by atoms with Crippen LogP contribution in [0.1, 0.15) is 23.8 Å². The Bertz CT molecular complexity index is 539. The van der Waals surface area contributed by atoms with Gasteiger partial charge in [0.15, 0.2) is 0 Å². The van der Waals surface area contributed by atoms with Gasteiger partial charge in [-0.1, -0.05) is 6.07 Å². The quantitative estimate of drug-likeness (QED) is 0.870. The third-order valence-electron chi connectivity index (χ3n) is 4.41. The van der Waals surface area contributed by atoms with E-state index in [-0.39, 0.29) is 0 Å². The number of hydrogen-bond acceptors (Lipinski definition) is 4. The second-order valence-electron chi connectivity index (χ2n) is 5.61. The summed E-state index contributed by atoms with van der Waals surface area (Å²) in [4.78, 5) is 4.03. The average Bonchev–Trinajstić information content (AvgIpc) is 3.19. The molecule has 2 aliphatic rings. The van der Waals surface area contributed by atoms with E-state index in [4.69, 9.17) is 4.74 Å². The highest BCUT2D eigenvalue weighted by Gasteiger charge is 2.44. The molecule has 2 saturated heterocycles. The first-order valence-electron chi connectivity index (χ1n) is 7.29. The van der Waals surface area contributed by atoms with Crippen molar-refractivity contribution in [3.63, 3.8) is 0 Å². The number of likely N-dealkylation sites (tertiary alicyclic amines) is 1. The molecule has 5 heteroatoms. The van der Waals surface area contributed by atoms with Gasteiger partial charge in [-0.05, 0) is 30.4 Å². The summed E-state index contributed by atoms with van der Waals surface area (Å²) < 4.78 is 8.17. The summed E-state index contributed by atoms with van der Waals surface area (Å²) in [6, 6.07) is 7.26. The number of rotatable bonds is 3. The van der Waals surface area contributed by atoms with Crippen LogP contribution in [0.25, 0.3) is 0 Å². The number of nitrogens with zero attached hydrogens (tertiary/aromatic N) is 3. The van der Waals surface area contributed by atoms with Crippen molar-refractivity contribution in [2.24, 2.45) is 0 Å². The van der Waals surface area contributed by atoms with Gasteiger partial charge in [0.2, 0.25) is 0 Å². The Morgan fingerprint density at radius 3 is 3.15 bits per heavy atom. The molecule has 0 saturated carbocycles.